The quantitative estimate of drug-likeness (QED) is 0.291. The molecule has 0 aliphatic heterocycles. The van der Waals surface area contributed by atoms with E-state index in [1.165, 1.54) is 26.9 Å². The molecule has 0 radical (unpaired) electrons. The van der Waals surface area contributed by atoms with Gasteiger partial charge in [0, 0.05) is 0 Å². The molecule has 30 heavy (non-hydrogen) atoms. The van der Waals surface area contributed by atoms with Crippen LogP contribution in [0.1, 0.15) is 25.3 Å². The Morgan fingerprint density at radius 1 is 0.833 bits per heavy atom. The summed E-state index contributed by atoms with van der Waals surface area (Å²) in [4.78, 5) is 4.43. The molecule has 1 heterocycles. The van der Waals surface area contributed by atoms with E-state index in [-0.39, 0.29) is 5.82 Å². The number of benzene rings is 3. The predicted molar refractivity (Wildman–Crippen MR) is 130 cm³/mol. The van der Waals surface area contributed by atoms with Crippen LogP contribution in [-0.2, 0) is 0 Å². The van der Waals surface area contributed by atoms with Gasteiger partial charge in [0.25, 0.3) is 0 Å². The standard InChI is InChI=1S/C27H28FGeN/c1-18(2)24-15-21(14-20-8-6-7-9-23(20)24)27-16-25(26(28)17-30-27)19-10-12-22(13-11-19)29(3,4)5/h6-18H,1-5H3. The van der Waals surface area contributed by atoms with Crippen LogP contribution in [0.2, 0.25) is 17.3 Å². The first-order valence-corrected chi connectivity index (χ1v) is 17.9. The zero-order valence-electron chi connectivity index (χ0n) is 18.3. The van der Waals surface area contributed by atoms with Crippen molar-refractivity contribution in [2.45, 2.75) is 37.0 Å². The van der Waals surface area contributed by atoms with Gasteiger partial charge in [0.15, 0.2) is 0 Å². The first-order valence-electron chi connectivity index (χ1n) is 10.5. The van der Waals surface area contributed by atoms with E-state index in [1.54, 1.807) is 0 Å². The SMILES string of the molecule is CC(C)c1cc(-c2cc(-c3cc[c]([Ge]([CH3])([CH3])[CH3])cc3)c(F)cn2)cc2ccccc12. The second kappa shape index (κ2) is 7.99. The van der Waals surface area contributed by atoms with Crippen LogP contribution < -0.4 is 4.40 Å². The van der Waals surface area contributed by atoms with Crippen LogP contribution in [0.5, 0.6) is 0 Å². The number of halogens is 1. The summed E-state index contributed by atoms with van der Waals surface area (Å²) >= 11 is -1.89. The molecular weight excluding hydrogens is 430 g/mol. The fourth-order valence-electron chi connectivity index (χ4n) is 3.93. The summed E-state index contributed by atoms with van der Waals surface area (Å²) in [6, 6.07) is 23.1. The van der Waals surface area contributed by atoms with Crippen molar-refractivity contribution in [3.63, 3.8) is 0 Å². The van der Waals surface area contributed by atoms with Crippen molar-refractivity contribution in [1.82, 2.24) is 4.98 Å². The minimum absolute atomic E-state index is 0.284. The molecule has 0 aliphatic carbocycles. The van der Waals surface area contributed by atoms with E-state index in [4.69, 9.17) is 0 Å². The summed E-state index contributed by atoms with van der Waals surface area (Å²) in [6.07, 6.45) is 1.35. The van der Waals surface area contributed by atoms with Crippen molar-refractivity contribution in [2.75, 3.05) is 0 Å². The van der Waals surface area contributed by atoms with Gasteiger partial charge in [-0.2, -0.15) is 0 Å². The predicted octanol–water partition coefficient (Wildman–Crippen LogP) is 7.38. The molecule has 4 rings (SSSR count). The third kappa shape index (κ3) is 4.06. The Labute approximate surface area is 181 Å². The van der Waals surface area contributed by atoms with E-state index in [0.29, 0.717) is 11.5 Å². The van der Waals surface area contributed by atoms with Crippen molar-refractivity contribution < 1.29 is 4.39 Å². The Bertz CT molecular complexity index is 1200. The zero-order chi connectivity index (χ0) is 21.5. The van der Waals surface area contributed by atoms with Crippen LogP contribution >= 0.6 is 0 Å². The minimum atomic E-state index is -1.89. The van der Waals surface area contributed by atoms with Gasteiger partial charge in [-0.25, -0.2) is 0 Å². The van der Waals surface area contributed by atoms with Gasteiger partial charge in [0.1, 0.15) is 0 Å². The molecule has 152 valence electrons. The normalized spacial score (nSPS) is 12.0. The molecule has 0 atom stereocenters. The van der Waals surface area contributed by atoms with E-state index >= 15 is 0 Å². The van der Waals surface area contributed by atoms with E-state index in [2.05, 4.69) is 84.6 Å². The summed E-state index contributed by atoms with van der Waals surface area (Å²) in [7, 11) is 0. The van der Waals surface area contributed by atoms with Gasteiger partial charge in [-0.05, 0) is 0 Å². The molecule has 0 spiro atoms. The Hall–Kier alpha value is -2.46. The van der Waals surface area contributed by atoms with Gasteiger partial charge in [0.2, 0.25) is 0 Å². The molecule has 1 nitrogen and oxygen atoms in total. The van der Waals surface area contributed by atoms with Crippen molar-refractivity contribution >= 4 is 28.4 Å². The maximum atomic E-state index is 14.7. The van der Waals surface area contributed by atoms with Crippen molar-refractivity contribution in [3.8, 4) is 22.4 Å². The Balaban J connectivity index is 1.82. The fourth-order valence-corrected chi connectivity index (χ4v) is 6.38. The molecule has 0 amide bonds. The number of fused-ring (bicyclic) bond motifs is 1. The Kier molecular flexibility index (Phi) is 5.54. The maximum absolute atomic E-state index is 14.7. The second-order valence-corrected chi connectivity index (χ2v) is 20.0. The summed E-state index contributed by atoms with van der Waals surface area (Å²) in [5.41, 5.74) is 4.62. The van der Waals surface area contributed by atoms with E-state index < -0.39 is 13.3 Å². The first kappa shape index (κ1) is 20.8. The average molecular weight is 458 g/mol. The molecule has 1 aromatic heterocycles. The van der Waals surface area contributed by atoms with E-state index in [9.17, 15) is 4.39 Å². The third-order valence-electron chi connectivity index (χ3n) is 5.73. The van der Waals surface area contributed by atoms with Crippen molar-refractivity contribution in [1.29, 1.82) is 0 Å². The van der Waals surface area contributed by atoms with Crippen molar-refractivity contribution in [2.24, 2.45) is 0 Å². The van der Waals surface area contributed by atoms with Crippen LogP contribution in [0.15, 0.2) is 72.9 Å². The molecule has 0 aliphatic rings. The summed E-state index contributed by atoms with van der Waals surface area (Å²) in [6.45, 7) is 4.41. The number of pyridine rings is 1. The Morgan fingerprint density at radius 2 is 1.53 bits per heavy atom. The van der Waals surface area contributed by atoms with Crippen molar-refractivity contribution in [3.05, 3.63) is 84.3 Å². The van der Waals surface area contributed by atoms with Crippen LogP contribution in [0, 0.1) is 5.82 Å². The monoisotopic (exact) mass is 459 g/mol. The molecule has 0 saturated carbocycles. The number of hydrogen-bond acceptors (Lipinski definition) is 1. The number of aromatic nitrogens is 1. The second-order valence-electron chi connectivity index (χ2n) is 9.32. The van der Waals surface area contributed by atoms with Gasteiger partial charge in [-0.1, -0.05) is 6.07 Å². The average Bonchev–Trinajstić information content (AvgIpc) is 2.72. The van der Waals surface area contributed by atoms with Gasteiger partial charge in [0.05, 0.1) is 0 Å². The van der Waals surface area contributed by atoms with Gasteiger partial charge in [-0.15, -0.1) is 0 Å². The molecule has 4 aromatic rings. The molecule has 0 bridgehead atoms. The van der Waals surface area contributed by atoms with E-state index in [1.807, 2.05) is 18.2 Å². The van der Waals surface area contributed by atoms with Crippen LogP contribution in [-0.4, -0.2) is 18.3 Å². The fraction of sp³-hybridized carbons (Fsp3) is 0.222. The number of rotatable bonds is 4. The summed E-state index contributed by atoms with van der Waals surface area (Å²) < 4.78 is 16.1. The number of hydrogen-bond donors (Lipinski definition) is 0. The third-order valence-corrected chi connectivity index (χ3v) is 10.1. The van der Waals surface area contributed by atoms with E-state index in [0.717, 1.165) is 16.8 Å². The molecule has 0 fully saturated rings. The summed E-state index contributed by atoms with van der Waals surface area (Å²) in [5.74, 6) is 7.21. The van der Waals surface area contributed by atoms with Crippen LogP contribution in [0.25, 0.3) is 33.2 Å². The molecule has 0 N–H and O–H groups in total. The van der Waals surface area contributed by atoms with Crippen LogP contribution in [0.3, 0.4) is 0 Å². The molecule has 0 saturated heterocycles. The summed E-state index contributed by atoms with van der Waals surface area (Å²) in [5, 5.41) is 2.45. The number of nitrogens with zero attached hydrogens (tertiary/aromatic N) is 1. The Morgan fingerprint density at radius 3 is 2.20 bits per heavy atom. The molecule has 3 aromatic carbocycles. The molecular formula is C27H28FGeN. The van der Waals surface area contributed by atoms with Gasteiger partial charge in [-0.3, -0.25) is 0 Å². The first-order chi connectivity index (χ1) is 14.2. The zero-order valence-corrected chi connectivity index (χ0v) is 20.4. The molecule has 0 unspecified atom stereocenters. The molecule has 3 heteroatoms. The van der Waals surface area contributed by atoms with Gasteiger partial charge < -0.3 is 0 Å². The topological polar surface area (TPSA) is 12.9 Å². The van der Waals surface area contributed by atoms with Gasteiger partial charge >= 0.3 is 175 Å². The van der Waals surface area contributed by atoms with Crippen LogP contribution in [0.4, 0.5) is 4.39 Å².